The van der Waals surface area contributed by atoms with Crippen LogP contribution in [0.2, 0.25) is 0 Å². The Morgan fingerprint density at radius 3 is 1.93 bits per heavy atom. The average Bonchev–Trinajstić information content (AvgIpc) is 3.36. The summed E-state index contributed by atoms with van der Waals surface area (Å²) in [5.41, 5.74) is 5.68. The van der Waals surface area contributed by atoms with E-state index in [-0.39, 0.29) is 0 Å². The molecule has 8 rings (SSSR count). The molecule has 0 aliphatic carbocycles. The third-order valence-electron chi connectivity index (χ3n) is 8.04. The smallest absolute Gasteiger partial charge is 0.593 e. The van der Waals surface area contributed by atoms with E-state index >= 15 is 0 Å². The fourth-order valence-corrected chi connectivity index (χ4v) is 8.03. The Balaban J connectivity index is 1.32. The van der Waals surface area contributed by atoms with E-state index in [0.717, 1.165) is 39.2 Å². The van der Waals surface area contributed by atoms with Gasteiger partial charge in [0.15, 0.2) is 0 Å². The number of hydrogen-bond donors (Lipinski definition) is 0. The van der Waals surface area contributed by atoms with Gasteiger partial charge in [-0.3, -0.25) is 0 Å². The number of rotatable bonds is 4. The summed E-state index contributed by atoms with van der Waals surface area (Å²) in [5.74, 6) is 1.74. The number of anilines is 2. The van der Waals surface area contributed by atoms with Crippen molar-refractivity contribution in [2.75, 3.05) is 3.88 Å². The molecule has 0 spiro atoms. The van der Waals surface area contributed by atoms with Crippen LogP contribution in [0.15, 0.2) is 140 Å². The first-order valence-electron chi connectivity index (χ1n) is 13.9. The zero-order valence-electron chi connectivity index (χ0n) is 22.6. The van der Waals surface area contributed by atoms with Crippen molar-refractivity contribution >= 4 is 58.7 Å². The minimum atomic E-state index is -2.50. The fraction of sp³-hybridized carbons (Fsp3) is 0.0270. The van der Waals surface area contributed by atoms with Crippen molar-refractivity contribution in [2.24, 2.45) is 0 Å². The summed E-state index contributed by atoms with van der Waals surface area (Å²) in [5, 5.41) is 7.09. The minimum absolute atomic E-state index is 0.868. The van der Waals surface area contributed by atoms with Crippen LogP contribution in [-0.2, 0) is 0 Å². The Bertz CT molecular complexity index is 2090. The fourth-order valence-electron chi connectivity index (χ4n) is 6.02. The number of nitrogens with zero attached hydrogens (tertiary/aromatic N) is 1. The van der Waals surface area contributed by atoms with Gasteiger partial charge in [0, 0.05) is 11.1 Å². The van der Waals surface area contributed by atoms with E-state index in [1.165, 1.54) is 32.7 Å². The Morgan fingerprint density at radius 2 is 1.17 bits per heavy atom. The summed E-state index contributed by atoms with van der Waals surface area (Å²) < 4.78 is 16.0. The molecular weight excluding hydrogens is 517 g/mol. The van der Waals surface area contributed by atoms with Crippen LogP contribution in [0, 0.1) is 6.92 Å². The first kappa shape index (κ1) is 24.1. The first-order valence-corrected chi connectivity index (χ1v) is 15.4. The third kappa shape index (κ3) is 4.12. The van der Waals surface area contributed by atoms with Gasteiger partial charge < -0.3 is 11.5 Å². The van der Waals surface area contributed by atoms with Gasteiger partial charge in [-0.25, -0.2) is 0 Å². The molecular formula is C37H26AlNO2. The molecule has 0 aromatic heterocycles. The number of fused-ring (bicyclic) bond motifs is 4. The Hall–Kier alpha value is -4.75. The molecule has 0 radical (unpaired) electrons. The van der Waals surface area contributed by atoms with Crippen molar-refractivity contribution in [3.8, 4) is 22.6 Å². The lowest BCUT2D eigenvalue weighted by molar-refractivity contribution is 0.437. The van der Waals surface area contributed by atoms with Gasteiger partial charge >= 0.3 is 15.0 Å². The van der Waals surface area contributed by atoms with Gasteiger partial charge in [-0.15, -0.1) is 0 Å². The Labute approximate surface area is 244 Å². The molecule has 0 N–H and O–H groups in total. The number of benzene rings is 7. The molecule has 0 saturated heterocycles. The van der Waals surface area contributed by atoms with Crippen LogP contribution in [0.4, 0.5) is 11.4 Å². The van der Waals surface area contributed by atoms with E-state index in [0.29, 0.717) is 0 Å². The summed E-state index contributed by atoms with van der Waals surface area (Å²) >= 11 is -2.50. The van der Waals surface area contributed by atoms with Gasteiger partial charge in [0.25, 0.3) is 0 Å². The van der Waals surface area contributed by atoms with Gasteiger partial charge in [-0.05, 0) is 80.9 Å². The third-order valence-corrected chi connectivity index (χ3v) is 9.93. The van der Waals surface area contributed by atoms with Crippen LogP contribution >= 0.6 is 0 Å². The topological polar surface area (TPSA) is 21.7 Å². The maximum atomic E-state index is 6.90. The van der Waals surface area contributed by atoms with Gasteiger partial charge in [-0.2, -0.15) is 0 Å². The van der Waals surface area contributed by atoms with E-state index < -0.39 is 15.0 Å². The molecule has 4 heteroatoms. The van der Waals surface area contributed by atoms with Crippen molar-refractivity contribution in [2.45, 2.75) is 6.92 Å². The second kappa shape index (κ2) is 9.71. The molecule has 0 saturated carbocycles. The lowest BCUT2D eigenvalue weighted by atomic mass is 9.97. The molecule has 1 heterocycles. The van der Waals surface area contributed by atoms with Gasteiger partial charge in [0.1, 0.15) is 5.75 Å². The molecule has 7 aromatic carbocycles. The van der Waals surface area contributed by atoms with Gasteiger partial charge in [0.2, 0.25) is 0 Å². The maximum absolute atomic E-state index is 6.90. The lowest BCUT2D eigenvalue weighted by Crippen LogP contribution is -2.42. The van der Waals surface area contributed by atoms with Crippen molar-refractivity contribution in [3.63, 3.8) is 0 Å². The standard InChI is InChI=1S/C26H18NO.C11H10O.Al/c28-26-17-20-11-5-4-10-19(20)16-25(26)27-24-15-14-21(18-8-2-1-3-9-18)22-12-6-7-13-23(22)24;1-8-6-9-4-2-3-5-10(9)7-11(8)12;/h1-17,28H;2-7,12H,1H3;/q-1;;+3/p-2. The molecule has 0 atom stereocenters. The van der Waals surface area contributed by atoms with Crippen LogP contribution in [0.5, 0.6) is 11.5 Å². The van der Waals surface area contributed by atoms with E-state index in [4.69, 9.17) is 7.58 Å². The number of aryl methyl sites for hydroxylation is 1. The first-order chi connectivity index (χ1) is 20.2. The molecule has 0 amide bonds. The maximum Gasteiger partial charge on any atom is 1.04 e. The quantitative estimate of drug-likeness (QED) is 0.206. The van der Waals surface area contributed by atoms with Crippen LogP contribution in [0.3, 0.4) is 0 Å². The Morgan fingerprint density at radius 1 is 0.561 bits per heavy atom. The summed E-state index contributed by atoms with van der Waals surface area (Å²) in [6.07, 6.45) is 0. The van der Waals surface area contributed by atoms with Gasteiger partial charge in [-0.1, -0.05) is 109 Å². The minimum Gasteiger partial charge on any atom is -0.593 e. The zero-order valence-corrected chi connectivity index (χ0v) is 23.8. The molecule has 41 heavy (non-hydrogen) atoms. The molecule has 1 aliphatic rings. The second-order valence-corrected chi connectivity index (χ2v) is 12.2. The van der Waals surface area contributed by atoms with Crippen LogP contribution in [0.1, 0.15) is 5.56 Å². The monoisotopic (exact) mass is 543 g/mol. The van der Waals surface area contributed by atoms with E-state index in [1.54, 1.807) is 0 Å². The summed E-state index contributed by atoms with van der Waals surface area (Å²) in [6, 6.07) is 49.3. The molecule has 0 bridgehead atoms. The van der Waals surface area contributed by atoms with Crippen LogP contribution < -0.4 is 11.5 Å². The number of hydrogen-bond acceptors (Lipinski definition) is 3. The second-order valence-electron chi connectivity index (χ2n) is 10.6. The highest BCUT2D eigenvalue weighted by Gasteiger charge is 2.52. The van der Waals surface area contributed by atoms with Crippen LogP contribution in [0.25, 0.3) is 43.4 Å². The van der Waals surface area contributed by atoms with Crippen molar-refractivity contribution in [3.05, 3.63) is 145 Å². The molecule has 0 unspecified atom stereocenters. The van der Waals surface area contributed by atoms with E-state index in [2.05, 4.69) is 150 Å². The van der Waals surface area contributed by atoms with Crippen molar-refractivity contribution < 1.29 is 7.58 Å². The van der Waals surface area contributed by atoms with E-state index in [9.17, 15) is 0 Å². The molecule has 3 nitrogen and oxygen atoms in total. The highest BCUT2D eigenvalue weighted by molar-refractivity contribution is 6.56. The van der Waals surface area contributed by atoms with Crippen LogP contribution in [-0.4, -0.2) is 15.0 Å². The lowest BCUT2D eigenvalue weighted by Gasteiger charge is -2.24. The highest BCUT2D eigenvalue weighted by Crippen LogP contribution is 2.47. The summed E-state index contributed by atoms with van der Waals surface area (Å²) in [4.78, 5) is 0. The van der Waals surface area contributed by atoms with Crippen molar-refractivity contribution in [1.29, 1.82) is 0 Å². The molecule has 0 fully saturated rings. The SMILES string of the molecule is Cc1cc2ccccc2cc1[O][Al]1[O]c2cc3ccccc3cc2[N]1c1ccc(-c2ccccc2)c2ccccc12. The Kier molecular flexibility index (Phi) is 5.71. The summed E-state index contributed by atoms with van der Waals surface area (Å²) in [6.45, 7) is 2.11. The zero-order chi connectivity index (χ0) is 27.3. The molecule has 7 aromatic rings. The molecule has 1 aliphatic heterocycles. The predicted octanol–water partition coefficient (Wildman–Crippen LogP) is 9.72. The highest BCUT2D eigenvalue weighted by atomic mass is 27.2. The van der Waals surface area contributed by atoms with E-state index in [1.807, 2.05) is 0 Å². The normalized spacial score (nSPS) is 12.6. The molecule has 194 valence electrons. The van der Waals surface area contributed by atoms with Gasteiger partial charge in [0.05, 0.1) is 11.4 Å². The largest absolute Gasteiger partial charge is 1.04 e. The predicted molar refractivity (Wildman–Crippen MR) is 171 cm³/mol. The summed E-state index contributed by atoms with van der Waals surface area (Å²) in [7, 11) is 0. The average molecular weight is 544 g/mol. The van der Waals surface area contributed by atoms with Crippen molar-refractivity contribution in [1.82, 2.24) is 0 Å².